The van der Waals surface area contributed by atoms with E-state index in [-0.39, 0.29) is 18.9 Å². The molecule has 19 heavy (non-hydrogen) atoms. The summed E-state index contributed by atoms with van der Waals surface area (Å²) in [7, 11) is -1.40. The van der Waals surface area contributed by atoms with Gasteiger partial charge in [-0.3, -0.25) is 4.21 Å². The van der Waals surface area contributed by atoms with E-state index in [9.17, 15) is 4.21 Å². The smallest absolute Gasteiger partial charge is 0.599 e. The van der Waals surface area contributed by atoms with E-state index in [0.717, 1.165) is 11.1 Å². The molecule has 1 unspecified atom stereocenters. The van der Waals surface area contributed by atoms with Gasteiger partial charge in [-0.2, -0.15) is 0 Å². The zero-order chi connectivity index (χ0) is 13.0. The Hall–Kier alpha value is -1.27. The molecule has 0 radical (unpaired) electrons. The minimum Gasteiger partial charge on any atom is -0.599 e. The molecular weight excluding hydrogens is 249 g/mol. The molecule has 2 nitrogen and oxygen atoms in total. The van der Waals surface area contributed by atoms with E-state index >= 15 is 0 Å². The Morgan fingerprint density at radius 3 is 2.21 bits per heavy atom. The van der Waals surface area contributed by atoms with Gasteiger partial charge in [-0.1, -0.05) is 48.0 Å². The second-order valence-corrected chi connectivity index (χ2v) is 5.12. The molecule has 0 saturated carbocycles. The summed E-state index contributed by atoms with van der Waals surface area (Å²) in [6, 6.07) is 17.0. The van der Waals surface area contributed by atoms with Gasteiger partial charge in [0, 0.05) is 4.90 Å². The Bertz CT molecular complexity index is 566. The molecule has 0 fully saturated rings. The average molecular weight is 263 g/mol. The SMILES string of the molecule is C=C([N-]S(=O)c1ccc(C)cc1)c1ccccc1.[Li+]. The zero-order valence-corrected chi connectivity index (χ0v) is 12.0. The summed E-state index contributed by atoms with van der Waals surface area (Å²) in [5, 5.41) is 0. The normalized spacial score (nSPS) is 11.2. The van der Waals surface area contributed by atoms with Crippen LogP contribution in [0.25, 0.3) is 10.4 Å². The van der Waals surface area contributed by atoms with E-state index < -0.39 is 11.0 Å². The summed E-state index contributed by atoms with van der Waals surface area (Å²) in [5.74, 6) is 0. The summed E-state index contributed by atoms with van der Waals surface area (Å²) in [4.78, 5) is 0.692. The summed E-state index contributed by atoms with van der Waals surface area (Å²) in [6.07, 6.45) is 0. The summed E-state index contributed by atoms with van der Waals surface area (Å²) < 4.78 is 16.1. The van der Waals surface area contributed by atoms with Crippen LogP contribution in [-0.4, -0.2) is 4.21 Å². The van der Waals surface area contributed by atoms with Crippen LogP contribution in [-0.2, 0) is 11.0 Å². The van der Waals surface area contributed by atoms with Gasteiger partial charge < -0.3 is 4.72 Å². The van der Waals surface area contributed by atoms with E-state index in [2.05, 4.69) is 11.3 Å². The molecule has 0 aromatic heterocycles. The predicted molar refractivity (Wildman–Crippen MR) is 76.4 cm³/mol. The molecule has 1 atom stereocenters. The number of benzene rings is 2. The van der Waals surface area contributed by atoms with Gasteiger partial charge in [0.25, 0.3) is 0 Å². The quantitative estimate of drug-likeness (QED) is 0.759. The first-order valence-electron chi connectivity index (χ1n) is 5.61. The third kappa shape index (κ3) is 4.40. The number of rotatable bonds is 4. The predicted octanol–water partition coefficient (Wildman–Crippen LogP) is 1.07. The molecule has 0 aliphatic rings. The van der Waals surface area contributed by atoms with Gasteiger partial charge >= 0.3 is 18.9 Å². The van der Waals surface area contributed by atoms with Crippen molar-refractivity contribution in [3.63, 3.8) is 0 Å². The fourth-order valence-corrected chi connectivity index (χ4v) is 2.27. The first-order chi connectivity index (χ1) is 8.66. The molecule has 0 heterocycles. The first kappa shape index (κ1) is 15.8. The van der Waals surface area contributed by atoms with Crippen LogP contribution in [0.15, 0.2) is 66.1 Å². The molecule has 0 amide bonds. The average Bonchev–Trinajstić information content (AvgIpc) is 2.40. The van der Waals surface area contributed by atoms with E-state index in [4.69, 9.17) is 0 Å². The van der Waals surface area contributed by atoms with Gasteiger partial charge in [0.2, 0.25) is 0 Å². The van der Waals surface area contributed by atoms with Crippen molar-refractivity contribution in [3.8, 4) is 0 Å². The van der Waals surface area contributed by atoms with Gasteiger partial charge in [-0.25, -0.2) is 0 Å². The number of hydrogen-bond acceptors (Lipinski definition) is 1. The van der Waals surface area contributed by atoms with Crippen molar-refractivity contribution in [3.05, 3.63) is 77.0 Å². The van der Waals surface area contributed by atoms with E-state index in [1.54, 1.807) is 0 Å². The molecule has 0 aliphatic heterocycles. The van der Waals surface area contributed by atoms with Crippen LogP contribution in [0.3, 0.4) is 0 Å². The van der Waals surface area contributed by atoms with Crippen LogP contribution in [0.4, 0.5) is 0 Å². The second kappa shape index (κ2) is 7.35. The topological polar surface area (TPSA) is 31.2 Å². The summed E-state index contributed by atoms with van der Waals surface area (Å²) in [6.45, 7) is 5.84. The Kier molecular flexibility index (Phi) is 6.11. The molecule has 0 N–H and O–H groups in total. The Morgan fingerprint density at radius 2 is 1.63 bits per heavy atom. The molecule has 0 saturated heterocycles. The van der Waals surface area contributed by atoms with Gasteiger partial charge in [0.05, 0.1) is 0 Å². The maximum absolute atomic E-state index is 12.0. The second-order valence-electron chi connectivity index (χ2n) is 3.97. The van der Waals surface area contributed by atoms with Gasteiger partial charge in [0.15, 0.2) is 0 Å². The summed E-state index contributed by atoms with van der Waals surface area (Å²) >= 11 is 0. The van der Waals surface area contributed by atoms with Crippen LogP contribution in [0.5, 0.6) is 0 Å². The van der Waals surface area contributed by atoms with Crippen molar-refractivity contribution in [2.75, 3.05) is 0 Å². The molecule has 2 rings (SSSR count). The standard InChI is InChI=1S/C15H14NOS.Li/c1-12-8-10-15(11-9-12)18(17)16-13(2)14-6-4-3-5-7-14;/h3-11H,2H2,1H3;/q-1;+1. The Labute approximate surface area is 128 Å². The van der Waals surface area contributed by atoms with Crippen molar-refractivity contribution in [2.24, 2.45) is 0 Å². The maximum Gasteiger partial charge on any atom is 1.00 e. The molecule has 92 valence electrons. The van der Waals surface area contributed by atoms with E-state index in [0.29, 0.717) is 10.6 Å². The fraction of sp³-hybridized carbons (Fsp3) is 0.0667. The van der Waals surface area contributed by atoms with Crippen molar-refractivity contribution in [1.82, 2.24) is 0 Å². The van der Waals surface area contributed by atoms with E-state index in [1.165, 1.54) is 0 Å². The maximum atomic E-state index is 12.0. The third-order valence-corrected chi connectivity index (χ3v) is 3.58. The van der Waals surface area contributed by atoms with Crippen LogP contribution < -0.4 is 18.9 Å². The number of hydrogen-bond donors (Lipinski definition) is 0. The van der Waals surface area contributed by atoms with Crippen molar-refractivity contribution >= 4 is 16.7 Å². The third-order valence-electron chi connectivity index (χ3n) is 2.52. The molecule has 4 heteroatoms. The zero-order valence-electron chi connectivity index (χ0n) is 11.2. The van der Waals surface area contributed by atoms with Gasteiger partial charge in [-0.05, 0) is 35.6 Å². The van der Waals surface area contributed by atoms with Gasteiger partial charge in [0.1, 0.15) is 0 Å². The molecule has 0 aliphatic carbocycles. The largest absolute Gasteiger partial charge is 1.00 e. The number of nitrogens with zero attached hydrogens (tertiary/aromatic N) is 1. The van der Waals surface area contributed by atoms with Gasteiger partial charge in [-0.15, -0.1) is 12.3 Å². The van der Waals surface area contributed by atoms with Crippen LogP contribution in [0, 0.1) is 6.92 Å². The Balaban J connectivity index is 0.00000180. The van der Waals surface area contributed by atoms with Crippen LogP contribution in [0.2, 0.25) is 0 Å². The first-order valence-corrected chi connectivity index (χ1v) is 6.72. The van der Waals surface area contributed by atoms with Crippen molar-refractivity contribution < 1.29 is 23.1 Å². The van der Waals surface area contributed by atoms with Crippen LogP contribution >= 0.6 is 0 Å². The number of aryl methyl sites for hydroxylation is 1. The van der Waals surface area contributed by atoms with Crippen molar-refractivity contribution in [1.29, 1.82) is 0 Å². The molecule has 0 bridgehead atoms. The van der Waals surface area contributed by atoms with Crippen molar-refractivity contribution in [2.45, 2.75) is 11.8 Å². The molecule has 0 spiro atoms. The molecular formula is C15H14LiNOS. The fourth-order valence-electron chi connectivity index (χ4n) is 1.49. The minimum atomic E-state index is -1.40. The van der Waals surface area contributed by atoms with Crippen LogP contribution in [0.1, 0.15) is 11.1 Å². The monoisotopic (exact) mass is 263 g/mol. The van der Waals surface area contributed by atoms with E-state index in [1.807, 2.05) is 61.5 Å². The minimum absolute atomic E-state index is 0. The summed E-state index contributed by atoms with van der Waals surface area (Å²) in [5.41, 5.74) is 2.56. The molecule has 2 aromatic carbocycles. The Morgan fingerprint density at radius 1 is 1.05 bits per heavy atom. The molecule has 2 aromatic rings.